The zero-order valence-corrected chi connectivity index (χ0v) is 11.4. The van der Waals surface area contributed by atoms with Crippen LogP contribution in [0.2, 0.25) is 0 Å². The van der Waals surface area contributed by atoms with Gasteiger partial charge >= 0.3 is 0 Å². The van der Waals surface area contributed by atoms with Gasteiger partial charge in [-0.1, -0.05) is 18.2 Å². The largest absolute Gasteiger partial charge is 0.494 e. The monoisotopic (exact) mass is 278 g/mol. The van der Waals surface area contributed by atoms with Crippen molar-refractivity contribution in [3.63, 3.8) is 0 Å². The van der Waals surface area contributed by atoms with Gasteiger partial charge < -0.3 is 9.84 Å². The van der Waals surface area contributed by atoms with Crippen molar-refractivity contribution in [1.29, 1.82) is 0 Å². The Morgan fingerprint density at radius 1 is 1.20 bits per heavy atom. The molecule has 20 heavy (non-hydrogen) atoms. The maximum absolute atomic E-state index is 14.0. The van der Waals surface area contributed by atoms with E-state index in [2.05, 4.69) is 0 Å². The summed E-state index contributed by atoms with van der Waals surface area (Å²) in [6.45, 7) is 3.84. The van der Waals surface area contributed by atoms with E-state index in [0.717, 1.165) is 6.07 Å². The molecule has 0 fully saturated rings. The van der Waals surface area contributed by atoms with E-state index in [4.69, 9.17) is 4.74 Å². The van der Waals surface area contributed by atoms with Crippen molar-refractivity contribution in [1.82, 2.24) is 0 Å². The van der Waals surface area contributed by atoms with Crippen LogP contribution in [0.15, 0.2) is 36.4 Å². The summed E-state index contributed by atoms with van der Waals surface area (Å²) in [6, 6.07) is 9.09. The Bertz CT molecular complexity index is 611. The summed E-state index contributed by atoms with van der Waals surface area (Å²) in [4.78, 5) is 0. The summed E-state index contributed by atoms with van der Waals surface area (Å²) in [7, 11) is 0. The second kappa shape index (κ2) is 6.01. The molecule has 0 amide bonds. The lowest BCUT2D eigenvalue weighted by molar-refractivity contribution is 0.208. The number of aryl methyl sites for hydroxylation is 1. The molecule has 0 radical (unpaired) electrons. The Morgan fingerprint density at radius 3 is 2.65 bits per heavy atom. The first-order valence-electron chi connectivity index (χ1n) is 6.40. The molecule has 0 saturated carbocycles. The summed E-state index contributed by atoms with van der Waals surface area (Å²) >= 11 is 0. The fraction of sp³-hybridized carbons (Fsp3) is 0.250. The molecule has 2 aromatic carbocycles. The molecule has 1 N–H and O–H groups in total. The Hall–Kier alpha value is -1.94. The smallest absolute Gasteiger partial charge is 0.135 e. The minimum absolute atomic E-state index is 0.293. The molecule has 2 aromatic rings. The molecule has 2 nitrogen and oxygen atoms in total. The topological polar surface area (TPSA) is 29.5 Å². The summed E-state index contributed by atoms with van der Waals surface area (Å²) < 4.78 is 33.1. The maximum Gasteiger partial charge on any atom is 0.135 e. The summed E-state index contributed by atoms with van der Waals surface area (Å²) in [6.07, 6.45) is -1.37. The van der Waals surface area contributed by atoms with Crippen molar-refractivity contribution in [3.05, 3.63) is 64.7 Å². The van der Waals surface area contributed by atoms with Crippen molar-refractivity contribution in [2.45, 2.75) is 20.0 Å². The number of ether oxygens (including phenoxy) is 1. The maximum atomic E-state index is 14.0. The number of aliphatic hydroxyl groups is 1. The van der Waals surface area contributed by atoms with Crippen LogP contribution >= 0.6 is 0 Å². The van der Waals surface area contributed by atoms with Crippen LogP contribution in [0.1, 0.15) is 29.7 Å². The van der Waals surface area contributed by atoms with Crippen LogP contribution in [0.3, 0.4) is 0 Å². The van der Waals surface area contributed by atoms with Gasteiger partial charge in [-0.25, -0.2) is 8.78 Å². The summed E-state index contributed by atoms with van der Waals surface area (Å²) in [5, 5.41) is 10.2. The number of rotatable bonds is 4. The van der Waals surface area contributed by atoms with E-state index < -0.39 is 17.7 Å². The van der Waals surface area contributed by atoms with E-state index in [0.29, 0.717) is 23.5 Å². The van der Waals surface area contributed by atoms with E-state index in [1.165, 1.54) is 13.0 Å². The normalized spacial score (nSPS) is 12.2. The van der Waals surface area contributed by atoms with Crippen molar-refractivity contribution >= 4 is 0 Å². The molecule has 0 saturated heterocycles. The van der Waals surface area contributed by atoms with Gasteiger partial charge in [-0.2, -0.15) is 0 Å². The first-order chi connectivity index (χ1) is 9.54. The highest BCUT2D eigenvalue weighted by Crippen LogP contribution is 2.30. The molecule has 0 aliphatic carbocycles. The average molecular weight is 278 g/mol. The molecule has 2 rings (SSSR count). The molecular weight excluding hydrogens is 262 g/mol. The van der Waals surface area contributed by atoms with Crippen molar-refractivity contribution in [3.8, 4) is 5.75 Å². The van der Waals surface area contributed by atoms with Crippen LogP contribution in [-0.2, 0) is 0 Å². The summed E-state index contributed by atoms with van der Waals surface area (Å²) in [5.74, 6) is -0.931. The quantitative estimate of drug-likeness (QED) is 0.923. The number of hydrogen-bond donors (Lipinski definition) is 1. The lowest BCUT2D eigenvalue weighted by atomic mass is 9.98. The number of benzene rings is 2. The molecule has 1 unspecified atom stereocenters. The first-order valence-corrected chi connectivity index (χ1v) is 6.40. The highest BCUT2D eigenvalue weighted by molar-refractivity contribution is 5.38. The van der Waals surface area contributed by atoms with E-state index in [9.17, 15) is 13.9 Å². The minimum Gasteiger partial charge on any atom is -0.494 e. The molecule has 4 heteroatoms. The van der Waals surface area contributed by atoms with Gasteiger partial charge in [0.05, 0.1) is 12.2 Å². The third kappa shape index (κ3) is 2.80. The van der Waals surface area contributed by atoms with Crippen LogP contribution in [0.4, 0.5) is 8.78 Å². The second-order valence-electron chi connectivity index (χ2n) is 4.50. The van der Waals surface area contributed by atoms with Gasteiger partial charge in [0.1, 0.15) is 23.5 Å². The second-order valence-corrected chi connectivity index (χ2v) is 4.50. The highest BCUT2D eigenvalue weighted by atomic mass is 19.1. The van der Waals surface area contributed by atoms with Crippen LogP contribution < -0.4 is 4.74 Å². The fourth-order valence-corrected chi connectivity index (χ4v) is 2.04. The highest BCUT2D eigenvalue weighted by Gasteiger charge is 2.21. The molecule has 0 heterocycles. The van der Waals surface area contributed by atoms with Gasteiger partial charge in [-0.15, -0.1) is 0 Å². The fourth-order valence-electron chi connectivity index (χ4n) is 2.04. The van der Waals surface area contributed by atoms with Gasteiger partial charge in [-0.05, 0) is 43.2 Å². The predicted molar refractivity (Wildman–Crippen MR) is 72.8 cm³/mol. The van der Waals surface area contributed by atoms with E-state index in [-0.39, 0.29) is 5.56 Å². The molecular formula is C16H16F2O2. The zero-order chi connectivity index (χ0) is 14.7. The standard InChI is InChI=1S/C16H16F2O2/c1-3-20-12-6-4-5-11(9-12)16(19)14-13(17)8-7-10(2)15(14)18/h4-9,16,19H,3H2,1-2H3. The molecule has 0 aromatic heterocycles. The van der Waals surface area contributed by atoms with Crippen LogP contribution in [-0.4, -0.2) is 11.7 Å². The Labute approximate surface area is 116 Å². The third-order valence-corrected chi connectivity index (χ3v) is 3.08. The van der Waals surface area contributed by atoms with Crippen LogP contribution in [0.25, 0.3) is 0 Å². The SMILES string of the molecule is CCOc1cccc(C(O)c2c(F)ccc(C)c2F)c1. The lowest BCUT2D eigenvalue weighted by Gasteiger charge is -2.15. The Kier molecular flexibility index (Phi) is 4.35. The van der Waals surface area contributed by atoms with Gasteiger partial charge in [0.15, 0.2) is 0 Å². The number of aliphatic hydroxyl groups excluding tert-OH is 1. The van der Waals surface area contributed by atoms with Gasteiger partial charge in [0.25, 0.3) is 0 Å². The van der Waals surface area contributed by atoms with Crippen LogP contribution in [0, 0.1) is 18.6 Å². The van der Waals surface area contributed by atoms with Gasteiger partial charge in [0.2, 0.25) is 0 Å². The minimum atomic E-state index is -1.37. The van der Waals surface area contributed by atoms with Crippen LogP contribution in [0.5, 0.6) is 5.75 Å². The Morgan fingerprint density at radius 2 is 1.95 bits per heavy atom. The van der Waals surface area contributed by atoms with Gasteiger partial charge in [-0.3, -0.25) is 0 Å². The molecule has 106 valence electrons. The first kappa shape index (κ1) is 14.5. The zero-order valence-electron chi connectivity index (χ0n) is 11.4. The van der Waals surface area contributed by atoms with E-state index in [1.54, 1.807) is 24.3 Å². The van der Waals surface area contributed by atoms with E-state index >= 15 is 0 Å². The van der Waals surface area contributed by atoms with Crippen molar-refractivity contribution in [2.24, 2.45) is 0 Å². The lowest BCUT2D eigenvalue weighted by Crippen LogP contribution is -2.07. The molecule has 1 atom stereocenters. The number of hydrogen-bond acceptors (Lipinski definition) is 2. The Balaban J connectivity index is 2.43. The average Bonchev–Trinajstić information content (AvgIpc) is 2.44. The van der Waals surface area contributed by atoms with Crippen molar-refractivity contribution < 1.29 is 18.6 Å². The van der Waals surface area contributed by atoms with Crippen molar-refractivity contribution in [2.75, 3.05) is 6.61 Å². The van der Waals surface area contributed by atoms with E-state index in [1.807, 2.05) is 6.92 Å². The van der Waals surface area contributed by atoms with Gasteiger partial charge in [0, 0.05) is 0 Å². The molecule has 0 aliphatic rings. The summed E-state index contributed by atoms with van der Waals surface area (Å²) in [5.41, 5.74) is 0.347. The molecule has 0 aliphatic heterocycles. The number of halogens is 2. The molecule has 0 spiro atoms. The molecule has 0 bridgehead atoms. The predicted octanol–water partition coefficient (Wildman–Crippen LogP) is 3.75. The third-order valence-electron chi connectivity index (χ3n) is 3.08.